The average molecular weight is 197 g/mol. The Bertz CT molecular complexity index is 461. The summed E-state index contributed by atoms with van der Waals surface area (Å²) in [6.07, 6.45) is 1.50. The van der Waals surface area contributed by atoms with Gasteiger partial charge >= 0.3 is 0 Å². The van der Waals surface area contributed by atoms with Gasteiger partial charge in [-0.25, -0.2) is 4.98 Å². The highest BCUT2D eigenvalue weighted by Crippen LogP contribution is 2.14. The zero-order chi connectivity index (χ0) is 9.26. The minimum absolute atomic E-state index is 0.148. The van der Waals surface area contributed by atoms with Crippen molar-refractivity contribution in [2.75, 3.05) is 0 Å². The Balaban J connectivity index is 2.59. The van der Waals surface area contributed by atoms with Crippen molar-refractivity contribution >= 4 is 11.6 Å². The molecule has 0 atom stereocenters. The number of halogens is 1. The summed E-state index contributed by atoms with van der Waals surface area (Å²) in [6, 6.07) is 4.60. The second-order valence-corrected chi connectivity index (χ2v) is 2.78. The second-order valence-electron chi connectivity index (χ2n) is 2.39. The van der Waals surface area contributed by atoms with E-state index in [2.05, 4.69) is 9.97 Å². The Labute approximate surface area is 78.2 Å². The van der Waals surface area contributed by atoms with E-state index in [9.17, 15) is 4.79 Å². The third-order valence-corrected chi connectivity index (χ3v) is 1.66. The van der Waals surface area contributed by atoms with Crippen LogP contribution in [0.3, 0.4) is 0 Å². The highest BCUT2D eigenvalue weighted by atomic mass is 35.5. The molecular weight excluding hydrogens is 192 g/mol. The van der Waals surface area contributed by atoms with E-state index in [4.69, 9.17) is 16.0 Å². The first-order chi connectivity index (χ1) is 6.25. The lowest BCUT2D eigenvalue weighted by molar-refractivity contribution is 0.577. The topological polar surface area (TPSA) is 58.9 Å². The van der Waals surface area contributed by atoms with Crippen LogP contribution in [0.1, 0.15) is 0 Å². The van der Waals surface area contributed by atoms with Crippen LogP contribution >= 0.6 is 11.6 Å². The first-order valence-electron chi connectivity index (χ1n) is 3.56. The molecule has 0 aliphatic rings. The van der Waals surface area contributed by atoms with Crippen molar-refractivity contribution in [2.24, 2.45) is 0 Å². The van der Waals surface area contributed by atoms with Crippen LogP contribution in [-0.2, 0) is 0 Å². The van der Waals surface area contributed by atoms with Crippen molar-refractivity contribution in [1.29, 1.82) is 0 Å². The number of aromatic nitrogens is 2. The minimum Gasteiger partial charge on any atom is -0.461 e. The molecule has 0 aromatic carbocycles. The largest absolute Gasteiger partial charge is 0.461 e. The van der Waals surface area contributed by atoms with Crippen LogP contribution in [0.25, 0.3) is 11.6 Å². The molecule has 0 unspecified atom stereocenters. The highest BCUT2D eigenvalue weighted by Gasteiger charge is 2.04. The molecule has 0 aliphatic carbocycles. The van der Waals surface area contributed by atoms with Crippen molar-refractivity contribution in [1.82, 2.24) is 9.97 Å². The molecule has 0 saturated heterocycles. The summed E-state index contributed by atoms with van der Waals surface area (Å²) in [6.45, 7) is 0. The maximum atomic E-state index is 11.0. The molecule has 4 nitrogen and oxygen atoms in total. The first-order valence-corrected chi connectivity index (χ1v) is 3.94. The SMILES string of the molecule is O=c1cc(Cl)nc(-c2ccco2)[nH]1. The van der Waals surface area contributed by atoms with Crippen molar-refractivity contribution in [3.05, 3.63) is 40.0 Å². The third-order valence-electron chi connectivity index (χ3n) is 1.46. The minimum atomic E-state index is -0.300. The zero-order valence-electron chi connectivity index (χ0n) is 6.45. The number of rotatable bonds is 1. The summed E-state index contributed by atoms with van der Waals surface area (Å²) in [5.74, 6) is 0.821. The molecule has 2 aromatic heterocycles. The molecule has 0 aliphatic heterocycles. The Hall–Kier alpha value is -1.55. The predicted molar refractivity (Wildman–Crippen MR) is 47.6 cm³/mol. The van der Waals surface area contributed by atoms with Gasteiger partial charge in [-0.3, -0.25) is 4.79 Å². The number of H-pyrrole nitrogens is 1. The quantitative estimate of drug-likeness (QED) is 0.706. The molecule has 0 fully saturated rings. The molecule has 1 N–H and O–H groups in total. The van der Waals surface area contributed by atoms with E-state index in [1.54, 1.807) is 12.1 Å². The van der Waals surface area contributed by atoms with Crippen LogP contribution < -0.4 is 5.56 Å². The van der Waals surface area contributed by atoms with Gasteiger partial charge in [-0.05, 0) is 12.1 Å². The summed E-state index contributed by atoms with van der Waals surface area (Å²) in [5.41, 5.74) is -0.300. The number of aromatic amines is 1. The molecule has 0 radical (unpaired) electrons. The monoisotopic (exact) mass is 196 g/mol. The van der Waals surface area contributed by atoms with Gasteiger partial charge < -0.3 is 9.40 Å². The predicted octanol–water partition coefficient (Wildman–Crippen LogP) is 1.68. The van der Waals surface area contributed by atoms with Gasteiger partial charge in [0.15, 0.2) is 11.6 Å². The molecule has 66 valence electrons. The van der Waals surface area contributed by atoms with E-state index in [0.717, 1.165) is 0 Å². The van der Waals surface area contributed by atoms with Crippen LogP contribution in [0.15, 0.2) is 33.7 Å². The third kappa shape index (κ3) is 1.62. The Morgan fingerprint density at radius 1 is 1.54 bits per heavy atom. The van der Waals surface area contributed by atoms with Crippen molar-refractivity contribution in [2.45, 2.75) is 0 Å². The number of furan rings is 1. The molecule has 2 aromatic rings. The highest BCUT2D eigenvalue weighted by molar-refractivity contribution is 6.29. The maximum Gasteiger partial charge on any atom is 0.252 e. The molecule has 2 heterocycles. The number of hydrogen-bond donors (Lipinski definition) is 1. The van der Waals surface area contributed by atoms with Crippen LogP contribution in [0, 0.1) is 0 Å². The lowest BCUT2D eigenvalue weighted by Gasteiger charge is -1.94. The molecule has 13 heavy (non-hydrogen) atoms. The molecule has 0 spiro atoms. The number of hydrogen-bond acceptors (Lipinski definition) is 3. The van der Waals surface area contributed by atoms with Gasteiger partial charge in [0.05, 0.1) is 6.26 Å². The first kappa shape index (κ1) is 8.07. The van der Waals surface area contributed by atoms with E-state index >= 15 is 0 Å². The fourth-order valence-corrected chi connectivity index (χ4v) is 1.14. The fourth-order valence-electron chi connectivity index (χ4n) is 0.958. The van der Waals surface area contributed by atoms with Crippen LogP contribution in [0.5, 0.6) is 0 Å². The Morgan fingerprint density at radius 2 is 2.38 bits per heavy atom. The summed E-state index contributed by atoms with van der Waals surface area (Å²) in [4.78, 5) is 17.4. The zero-order valence-corrected chi connectivity index (χ0v) is 7.21. The van der Waals surface area contributed by atoms with Crippen molar-refractivity contribution < 1.29 is 4.42 Å². The van der Waals surface area contributed by atoms with Gasteiger partial charge in [0.1, 0.15) is 5.15 Å². The van der Waals surface area contributed by atoms with Gasteiger partial charge in [-0.2, -0.15) is 0 Å². The Kier molecular flexibility index (Phi) is 1.90. The summed E-state index contributed by atoms with van der Waals surface area (Å²) < 4.78 is 5.04. The number of nitrogens with one attached hydrogen (secondary N) is 1. The Morgan fingerprint density at radius 3 is 3.00 bits per heavy atom. The average Bonchev–Trinajstić information content (AvgIpc) is 2.53. The summed E-state index contributed by atoms with van der Waals surface area (Å²) in [7, 11) is 0. The van der Waals surface area contributed by atoms with Gasteiger partial charge in [0, 0.05) is 6.07 Å². The van der Waals surface area contributed by atoms with Crippen LogP contribution in [0.4, 0.5) is 0 Å². The molecule has 2 rings (SSSR count). The van der Waals surface area contributed by atoms with Gasteiger partial charge in [-0.15, -0.1) is 0 Å². The van der Waals surface area contributed by atoms with Crippen LogP contribution in [-0.4, -0.2) is 9.97 Å². The normalized spacial score (nSPS) is 10.2. The van der Waals surface area contributed by atoms with E-state index in [-0.39, 0.29) is 10.7 Å². The summed E-state index contributed by atoms with van der Waals surface area (Å²) in [5, 5.41) is 0.148. The van der Waals surface area contributed by atoms with Gasteiger partial charge in [0.25, 0.3) is 5.56 Å². The van der Waals surface area contributed by atoms with Crippen LogP contribution in [0.2, 0.25) is 5.15 Å². The van der Waals surface area contributed by atoms with E-state index in [1.165, 1.54) is 12.3 Å². The maximum absolute atomic E-state index is 11.0. The summed E-state index contributed by atoms with van der Waals surface area (Å²) >= 11 is 5.59. The van der Waals surface area contributed by atoms with Gasteiger partial charge in [-0.1, -0.05) is 11.6 Å². The fraction of sp³-hybridized carbons (Fsp3) is 0. The molecule has 0 bridgehead atoms. The standard InChI is InChI=1S/C8H5ClN2O2/c9-6-4-7(12)11-8(10-6)5-2-1-3-13-5/h1-4H,(H,10,11,12). The van der Waals surface area contributed by atoms with E-state index in [0.29, 0.717) is 11.6 Å². The second kappa shape index (κ2) is 3.06. The smallest absolute Gasteiger partial charge is 0.252 e. The van der Waals surface area contributed by atoms with E-state index in [1.807, 2.05) is 0 Å². The van der Waals surface area contributed by atoms with E-state index < -0.39 is 0 Å². The lowest BCUT2D eigenvalue weighted by Crippen LogP contribution is -2.06. The lowest BCUT2D eigenvalue weighted by atomic mass is 10.4. The molecular formula is C8H5ClN2O2. The molecule has 0 amide bonds. The molecule has 5 heteroatoms. The van der Waals surface area contributed by atoms with Crippen molar-refractivity contribution in [3.63, 3.8) is 0 Å². The van der Waals surface area contributed by atoms with Gasteiger partial charge in [0.2, 0.25) is 0 Å². The van der Waals surface area contributed by atoms with Crippen molar-refractivity contribution in [3.8, 4) is 11.6 Å². The number of nitrogens with zero attached hydrogens (tertiary/aromatic N) is 1. The molecule has 0 saturated carbocycles.